The Hall–Kier alpha value is -3.15. The van der Waals surface area contributed by atoms with Crippen LogP contribution in [0.5, 0.6) is 0 Å². The van der Waals surface area contributed by atoms with Crippen LogP contribution in [0.25, 0.3) is 0 Å². The van der Waals surface area contributed by atoms with Gasteiger partial charge in [-0.1, -0.05) is 23.7 Å². The molecule has 0 spiro atoms. The lowest BCUT2D eigenvalue weighted by molar-refractivity contribution is -0.384. The third kappa shape index (κ3) is 5.22. The van der Waals surface area contributed by atoms with E-state index in [0.717, 1.165) is 25.2 Å². The van der Waals surface area contributed by atoms with Crippen molar-refractivity contribution in [1.82, 2.24) is 4.90 Å². The highest BCUT2D eigenvalue weighted by Gasteiger charge is 2.19. The Morgan fingerprint density at radius 1 is 1.21 bits per heavy atom. The van der Waals surface area contributed by atoms with Crippen LogP contribution in [0.2, 0.25) is 5.02 Å². The Morgan fingerprint density at radius 3 is 2.72 bits per heavy atom. The number of hydrogen-bond donors (Lipinski definition) is 1. The van der Waals surface area contributed by atoms with Gasteiger partial charge in [-0.25, -0.2) is 0 Å². The molecule has 150 valence electrons. The number of nitriles is 1. The molecule has 9 heteroatoms. The molecule has 8 nitrogen and oxygen atoms in total. The molecular formula is C20H20ClN5O3. The summed E-state index contributed by atoms with van der Waals surface area (Å²) < 4.78 is 0. The summed E-state index contributed by atoms with van der Waals surface area (Å²) in [5, 5.41) is 22.9. The molecule has 1 amide bonds. The first-order chi connectivity index (χ1) is 14.0. The lowest BCUT2D eigenvalue weighted by Crippen LogP contribution is -2.36. The van der Waals surface area contributed by atoms with Gasteiger partial charge in [0.25, 0.3) is 5.69 Å². The average Bonchev–Trinajstić information content (AvgIpc) is 2.94. The normalized spacial score (nSPS) is 14.7. The molecule has 29 heavy (non-hydrogen) atoms. The highest BCUT2D eigenvalue weighted by atomic mass is 35.5. The predicted molar refractivity (Wildman–Crippen MR) is 111 cm³/mol. The summed E-state index contributed by atoms with van der Waals surface area (Å²) in [6, 6.07) is 13.7. The molecule has 0 unspecified atom stereocenters. The van der Waals surface area contributed by atoms with Crippen LogP contribution < -0.4 is 10.2 Å². The van der Waals surface area contributed by atoms with Gasteiger partial charge in [-0.2, -0.15) is 5.26 Å². The number of benzene rings is 2. The molecule has 0 aromatic heterocycles. The van der Waals surface area contributed by atoms with E-state index in [-0.39, 0.29) is 23.2 Å². The second-order valence-electron chi connectivity index (χ2n) is 6.72. The van der Waals surface area contributed by atoms with Gasteiger partial charge in [-0.15, -0.1) is 0 Å². The van der Waals surface area contributed by atoms with E-state index in [1.54, 1.807) is 6.07 Å². The van der Waals surface area contributed by atoms with Crippen LogP contribution >= 0.6 is 11.6 Å². The Balaban J connectivity index is 1.58. The number of nitro benzene ring substituents is 1. The molecule has 0 radical (unpaired) electrons. The Morgan fingerprint density at radius 2 is 2.00 bits per heavy atom. The SMILES string of the molecule is N#Cc1ccccc1N1CCCN(CC(=O)Nc2ccc([N+](=O)[O-])cc2Cl)CC1. The Kier molecular flexibility index (Phi) is 6.65. The third-order valence-corrected chi connectivity index (χ3v) is 5.07. The fourth-order valence-corrected chi connectivity index (χ4v) is 3.55. The highest BCUT2D eigenvalue weighted by Crippen LogP contribution is 2.26. The first-order valence-electron chi connectivity index (χ1n) is 9.18. The van der Waals surface area contributed by atoms with Gasteiger partial charge in [-0.05, 0) is 24.6 Å². The van der Waals surface area contributed by atoms with Crippen molar-refractivity contribution in [3.8, 4) is 6.07 Å². The van der Waals surface area contributed by atoms with E-state index in [0.29, 0.717) is 24.3 Å². The Labute approximate surface area is 173 Å². The van der Waals surface area contributed by atoms with Gasteiger partial charge in [0, 0.05) is 38.3 Å². The standard InChI is InChI=1S/C20H20ClN5O3/c21-17-12-16(26(28)29)6-7-18(17)23-20(27)14-24-8-3-9-25(11-10-24)19-5-2-1-4-15(19)13-22/h1-2,4-7,12H,3,8-11,14H2,(H,23,27). The lowest BCUT2D eigenvalue weighted by Gasteiger charge is -2.24. The smallest absolute Gasteiger partial charge is 0.271 e. The van der Waals surface area contributed by atoms with Crippen LogP contribution in [-0.4, -0.2) is 48.5 Å². The topological polar surface area (TPSA) is 103 Å². The van der Waals surface area contributed by atoms with E-state index >= 15 is 0 Å². The van der Waals surface area contributed by atoms with Crippen molar-refractivity contribution in [2.45, 2.75) is 6.42 Å². The zero-order valence-corrected chi connectivity index (χ0v) is 16.4. The van der Waals surface area contributed by atoms with E-state index < -0.39 is 4.92 Å². The van der Waals surface area contributed by atoms with Gasteiger partial charge in [0.05, 0.1) is 33.4 Å². The van der Waals surface area contributed by atoms with Crippen molar-refractivity contribution in [2.75, 3.05) is 42.9 Å². The molecule has 1 N–H and O–H groups in total. The number of rotatable bonds is 5. The van der Waals surface area contributed by atoms with Crippen LogP contribution in [0.15, 0.2) is 42.5 Å². The summed E-state index contributed by atoms with van der Waals surface area (Å²) in [7, 11) is 0. The van der Waals surface area contributed by atoms with Gasteiger partial charge in [0.2, 0.25) is 5.91 Å². The van der Waals surface area contributed by atoms with Gasteiger partial charge in [-0.3, -0.25) is 19.8 Å². The number of nitro groups is 1. The van der Waals surface area contributed by atoms with Crippen molar-refractivity contribution in [3.63, 3.8) is 0 Å². The largest absolute Gasteiger partial charge is 0.369 e. The average molecular weight is 414 g/mol. The molecule has 1 aliphatic rings. The quantitative estimate of drug-likeness (QED) is 0.596. The van der Waals surface area contributed by atoms with Crippen molar-refractivity contribution in [2.24, 2.45) is 0 Å². The molecule has 1 heterocycles. The van der Waals surface area contributed by atoms with Crippen LogP contribution in [0, 0.1) is 21.4 Å². The zero-order valence-electron chi connectivity index (χ0n) is 15.7. The maximum absolute atomic E-state index is 12.4. The number of nitrogens with one attached hydrogen (secondary N) is 1. The predicted octanol–water partition coefficient (Wildman–Crippen LogP) is 3.27. The minimum Gasteiger partial charge on any atom is -0.369 e. The van der Waals surface area contributed by atoms with E-state index in [9.17, 15) is 20.2 Å². The van der Waals surface area contributed by atoms with Crippen molar-refractivity contribution in [3.05, 3.63) is 63.2 Å². The maximum Gasteiger partial charge on any atom is 0.271 e. The molecule has 1 saturated heterocycles. The Bertz CT molecular complexity index is 959. The zero-order chi connectivity index (χ0) is 20.8. The highest BCUT2D eigenvalue weighted by molar-refractivity contribution is 6.34. The van der Waals surface area contributed by atoms with Gasteiger partial charge < -0.3 is 10.2 Å². The summed E-state index contributed by atoms with van der Waals surface area (Å²) in [6.07, 6.45) is 0.866. The third-order valence-electron chi connectivity index (χ3n) is 4.76. The number of amides is 1. The first kappa shape index (κ1) is 20.6. The monoisotopic (exact) mass is 413 g/mol. The van der Waals surface area contributed by atoms with E-state index in [4.69, 9.17) is 11.6 Å². The van der Waals surface area contributed by atoms with E-state index in [1.165, 1.54) is 18.2 Å². The maximum atomic E-state index is 12.4. The first-order valence-corrected chi connectivity index (χ1v) is 9.56. The molecule has 2 aromatic rings. The molecular weight excluding hydrogens is 394 g/mol. The number of carbonyl (C=O) groups is 1. The van der Waals surface area contributed by atoms with Crippen molar-refractivity contribution >= 4 is 34.6 Å². The van der Waals surface area contributed by atoms with E-state index in [2.05, 4.69) is 16.3 Å². The number of carbonyl (C=O) groups excluding carboxylic acids is 1. The molecule has 1 fully saturated rings. The van der Waals surface area contributed by atoms with Crippen LogP contribution in [0.3, 0.4) is 0 Å². The number of non-ortho nitro benzene ring substituents is 1. The second-order valence-corrected chi connectivity index (χ2v) is 7.12. The molecule has 0 bridgehead atoms. The number of halogens is 1. The lowest BCUT2D eigenvalue weighted by atomic mass is 10.1. The number of nitrogens with zero attached hydrogens (tertiary/aromatic N) is 4. The van der Waals surface area contributed by atoms with Gasteiger partial charge >= 0.3 is 0 Å². The number of para-hydroxylation sites is 1. The van der Waals surface area contributed by atoms with Crippen molar-refractivity contribution < 1.29 is 9.72 Å². The fraction of sp³-hybridized carbons (Fsp3) is 0.300. The molecule has 3 rings (SSSR count). The second kappa shape index (κ2) is 9.37. The molecule has 0 atom stereocenters. The molecule has 1 aliphatic heterocycles. The summed E-state index contributed by atoms with van der Waals surface area (Å²) in [6.45, 7) is 3.16. The number of hydrogen-bond acceptors (Lipinski definition) is 6. The summed E-state index contributed by atoms with van der Waals surface area (Å²) >= 11 is 6.04. The fourth-order valence-electron chi connectivity index (χ4n) is 3.33. The van der Waals surface area contributed by atoms with Crippen molar-refractivity contribution in [1.29, 1.82) is 5.26 Å². The van der Waals surface area contributed by atoms with Crippen LogP contribution in [-0.2, 0) is 4.79 Å². The summed E-state index contributed by atoms with van der Waals surface area (Å²) in [5.74, 6) is -0.230. The van der Waals surface area contributed by atoms with Crippen LogP contribution in [0.4, 0.5) is 17.1 Å². The minimum atomic E-state index is -0.537. The molecule has 2 aromatic carbocycles. The minimum absolute atomic E-state index is 0.127. The van der Waals surface area contributed by atoms with Gasteiger partial charge in [0.1, 0.15) is 6.07 Å². The number of anilines is 2. The van der Waals surface area contributed by atoms with E-state index in [1.807, 2.05) is 23.1 Å². The summed E-state index contributed by atoms with van der Waals surface area (Å²) in [4.78, 5) is 26.9. The molecule has 0 saturated carbocycles. The summed E-state index contributed by atoms with van der Waals surface area (Å²) in [5.41, 5.74) is 1.78. The van der Waals surface area contributed by atoms with Crippen LogP contribution in [0.1, 0.15) is 12.0 Å². The van der Waals surface area contributed by atoms with Gasteiger partial charge in [0.15, 0.2) is 0 Å². The molecule has 0 aliphatic carbocycles.